The molecule has 4 rings (SSSR count). The summed E-state index contributed by atoms with van der Waals surface area (Å²) in [5, 5.41) is 5.67. The fraction of sp³-hybridized carbons (Fsp3) is 0.471. The molecule has 0 atom stereocenters. The van der Waals surface area contributed by atoms with E-state index in [2.05, 4.69) is 10.3 Å². The first-order valence-electron chi connectivity index (χ1n) is 8.28. The summed E-state index contributed by atoms with van der Waals surface area (Å²) in [5.41, 5.74) is 1.67. The molecule has 126 valence electrons. The van der Waals surface area contributed by atoms with Crippen LogP contribution >= 0.6 is 11.3 Å². The van der Waals surface area contributed by atoms with Gasteiger partial charge in [-0.15, -0.1) is 11.3 Å². The number of hydrogen-bond donors (Lipinski definition) is 1. The van der Waals surface area contributed by atoms with E-state index in [0.717, 1.165) is 5.69 Å². The molecule has 0 spiro atoms. The van der Waals surface area contributed by atoms with Crippen molar-refractivity contribution in [2.45, 2.75) is 31.6 Å². The zero-order valence-electron chi connectivity index (χ0n) is 13.2. The maximum atomic E-state index is 12.4. The second-order valence-corrected chi connectivity index (χ2v) is 7.28. The molecule has 1 aliphatic carbocycles. The lowest BCUT2D eigenvalue weighted by molar-refractivity contribution is -0.121. The molecule has 24 heavy (non-hydrogen) atoms. The lowest BCUT2D eigenvalue weighted by Crippen LogP contribution is -2.41. The minimum absolute atomic E-state index is 0.0158. The highest BCUT2D eigenvalue weighted by Gasteiger charge is 2.29. The maximum Gasteiger partial charge on any atom is 0.257 e. The van der Waals surface area contributed by atoms with E-state index in [1.807, 2.05) is 5.38 Å². The van der Waals surface area contributed by atoms with Crippen molar-refractivity contribution in [3.05, 3.63) is 35.2 Å². The maximum absolute atomic E-state index is 12.4. The van der Waals surface area contributed by atoms with Gasteiger partial charge in [0.2, 0.25) is 5.91 Å². The van der Waals surface area contributed by atoms with Crippen molar-refractivity contribution in [1.29, 1.82) is 0 Å². The van der Waals surface area contributed by atoms with Crippen LogP contribution in [0.15, 0.2) is 28.4 Å². The van der Waals surface area contributed by atoms with Gasteiger partial charge in [0.05, 0.1) is 17.5 Å². The Balaban J connectivity index is 1.30. The second kappa shape index (κ2) is 6.39. The van der Waals surface area contributed by atoms with Crippen molar-refractivity contribution >= 4 is 28.3 Å². The number of thiazole rings is 1. The van der Waals surface area contributed by atoms with Crippen LogP contribution in [0, 0.1) is 5.92 Å². The van der Waals surface area contributed by atoms with Crippen molar-refractivity contribution in [3.8, 4) is 0 Å². The molecule has 1 aliphatic heterocycles. The quantitative estimate of drug-likeness (QED) is 0.924. The summed E-state index contributed by atoms with van der Waals surface area (Å²) in [5.74, 6) is 0.523. The third kappa shape index (κ3) is 3.21. The third-order valence-corrected chi connectivity index (χ3v) is 5.44. The van der Waals surface area contributed by atoms with Crippen LogP contribution in [0.4, 0.5) is 5.13 Å². The van der Waals surface area contributed by atoms with Gasteiger partial charge in [-0.05, 0) is 31.7 Å². The summed E-state index contributed by atoms with van der Waals surface area (Å²) in [6, 6.07) is 1.67. The zero-order valence-corrected chi connectivity index (χ0v) is 14.1. The highest BCUT2D eigenvalue weighted by Crippen LogP contribution is 2.41. The Bertz CT molecular complexity index is 728. The predicted molar refractivity (Wildman–Crippen MR) is 90.1 cm³/mol. The Labute approximate surface area is 143 Å². The molecule has 0 unspecified atom stereocenters. The SMILES string of the molecule is O=C(Nc1nc(C2CC2)cs1)C1CCN(C(=O)c2ccoc2)CC1. The smallest absolute Gasteiger partial charge is 0.257 e. The van der Waals surface area contributed by atoms with Crippen molar-refractivity contribution < 1.29 is 14.0 Å². The Morgan fingerprint density at radius 2 is 2.04 bits per heavy atom. The topological polar surface area (TPSA) is 75.4 Å². The molecule has 0 radical (unpaired) electrons. The first-order chi connectivity index (χ1) is 11.7. The van der Waals surface area contributed by atoms with Crippen LogP contribution in [0.5, 0.6) is 0 Å². The molecular formula is C17H19N3O3S. The van der Waals surface area contributed by atoms with Crippen LogP contribution < -0.4 is 5.32 Å². The van der Waals surface area contributed by atoms with Gasteiger partial charge in [-0.25, -0.2) is 4.98 Å². The molecule has 1 saturated carbocycles. The van der Waals surface area contributed by atoms with E-state index in [1.165, 1.54) is 36.7 Å². The fourth-order valence-corrected chi connectivity index (χ4v) is 3.83. The van der Waals surface area contributed by atoms with Gasteiger partial charge in [0.25, 0.3) is 5.91 Å². The summed E-state index contributed by atoms with van der Waals surface area (Å²) in [6.45, 7) is 1.18. The number of hydrogen-bond acceptors (Lipinski definition) is 5. The van der Waals surface area contributed by atoms with E-state index < -0.39 is 0 Å². The molecule has 2 aromatic rings. The van der Waals surface area contributed by atoms with Crippen LogP contribution in [-0.4, -0.2) is 34.8 Å². The van der Waals surface area contributed by atoms with Gasteiger partial charge in [-0.3, -0.25) is 9.59 Å². The Morgan fingerprint density at radius 1 is 1.25 bits per heavy atom. The van der Waals surface area contributed by atoms with Crippen molar-refractivity contribution in [2.24, 2.45) is 5.92 Å². The molecule has 3 heterocycles. The molecule has 2 amide bonds. The molecule has 6 nitrogen and oxygen atoms in total. The molecule has 2 aromatic heterocycles. The molecule has 1 saturated heterocycles. The summed E-state index contributed by atoms with van der Waals surface area (Å²) in [7, 11) is 0. The molecule has 1 N–H and O–H groups in total. The van der Waals surface area contributed by atoms with Crippen LogP contribution in [0.3, 0.4) is 0 Å². The van der Waals surface area contributed by atoms with Gasteiger partial charge in [0.15, 0.2) is 5.13 Å². The highest BCUT2D eigenvalue weighted by atomic mass is 32.1. The molecule has 2 aliphatic rings. The lowest BCUT2D eigenvalue weighted by Gasteiger charge is -2.30. The van der Waals surface area contributed by atoms with Gasteiger partial charge < -0.3 is 14.6 Å². The Kier molecular flexibility index (Phi) is 4.10. The van der Waals surface area contributed by atoms with E-state index in [9.17, 15) is 9.59 Å². The van der Waals surface area contributed by atoms with Gasteiger partial charge in [0, 0.05) is 30.3 Å². The highest BCUT2D eigenvalue weighted by molar-refractivity contribution is 7.13. The third-order valence-electron chi connectivity index (χ3n) is 4.67. The number of piperidine rings is 1. The van der Waals surface area contributed by atoms with Crippen molar-refractivity contribution in [3.63, 3.8) is 0 Å². The van der Waals surface area contributed by atoms with E-state index in [-0.39, 0.29) is 17.7 Å². The summed E-state index contributed by atoms with van der Waals surface area (Å²) >= 11 is 1.50. The van der Waals surface area contributed by atoms with E-state index in [1.54, 1.807) is 11.0 Å². The zero-order chi connectivity index (χ0) is 16.5. The molecule has 0 bridgehead atoms. The van der Waals surface area contributed by atoms with Gasteiger partial charge >= 0.3 is 0 Å². The molecular weight excluding hydrogens is 326 g/mol. The van der Waals surface area contributed by atoms with E-state index in [0.29, 0.717) is 42.5 Å². The van der Waals surface area contributed by atoms with E-state index >= 15 is 0 Å². The van der Waals surface area contributed by atoms with Crippen LogP contribution in [-0.2, 0) is 4.79 Å². The number of aromatic nitrogens is 1. The summed E-state index contributed by atoms with van der Waals surface area (Å²) in [6.07, 6.45) is 6.73. The number of rotatable bonds is 4. The monoisotopic (exact) mass is 345 g/mol. The number of carbonyl (C=O) groups is 2. The second-order valence-electron chi connectivity index (χ2n) is 6.42. The summed E-state index contributed by atoms with van der Waals surface area (Å²) < 4.78 is 4.96. The largest absolute Gasteiger partial charge is 0.472 e. The average Bonchev–Trinajstić information content (AvgIpc) is 3.11. The molecule has 0 aromatic carbocycles. The standard InChI is InChI=1S/C17H19N3O3S/c21-15(19-17-18-14(10-24-17)11-1-2-11)12-3-6-20(7-4-12)16(22)13-5-8-23-9-13/h5,8-12H,1-4,6-7H2,(H,18,19,21). The van der Waals surface area contributed by atoms with Crippen molar-refractivity contribution in [2.75, 3.05) is 18.4 Å². The average molecular weight is 345 g/mol. The Hall–Kier alpha value is -2.15. The van der Waals surface area contributed by atoms with Gasteiger partial charge in [0.1, 0.15) is 6.26 Å². The van der Waals surface area contributed by atoms with E-state index in [4.69, 9.17) is 4.42 Å². The first-order valence-corrected chi connectivity index (χ1v) is 9.16. The number of amides is 2. The number of carbonyl (C=O) groups excluding carboxylic acids is 2. The number of nitrogens with zero attached hydrogens (tertiary/aromatic N) is 2. The van der Waals surface area contributed by atoms with Crippen molar-refractivity contribution in [1.82, 2.24) is 9.88 Å². The first kappa shape index (κ1) is 15.4. The number of nitrogens with one attached hydrogen (secondary N) is 1. The normalized spacial score (nSPS) is 18.6. The Morgan fingerprint density at radius 3 is 2.71 bits per heavy atom. The molecule has 2 fully saturated rings. The van der Waals surface area contributed by atoms with Crippen LogP contribution in [0.1, 0.15) is 47.7 Å². The minimum Gasteiger partial charge on any atom is -0.472 e. The summed E-state index contributed by atoms with van der Waals surface area (Å²) in [4.78, 5) is 30.9. The lowest BCUT2D eigenvalue weighted by atomic mass is 9.95. The van der Waals surface area contributed by atoms with Crippen LogP contribution in [0.2, 0.25) is 0 Å². The van der Waals surface area contributed by atoms with Gasteiger partial charge in [-0.2, -0.15) is 0 Å². The van der Waals surface area contributed by atoms with Gasteiger partial charge in [-0.1, -0.05) is 0 Å². The number of likely N-dealkylation sites (tertiary alicyclic amines) is 1. The molecule has 7 heteroatoms. The minimum atomic E-state index is -0.0633. The predicted octanol–water partition coefficient (Wildman–Crippen LogP) is 3.10. The number of furan rings is 1. The number of anilines is 1. The van der Waals surface area contributed by atoms with Crippen LogP contribution in [0.25, 0.3) is 0 Å². The fourth-order valence-electron chi connectivity index (χ4n) is 3.03.